The van der Waals surface area contributed by atoms with E-state index in [0.717, 1.165) is 45.0 Å². The number of hydrogen-bond acceptors (Lipinski definition) is 2. The molecule has 0 aromatic carbocycles. The lowest BCUT2D eigenvalue weighted by molar-refractivity contribution is 0.0264. The average Bonchev–Trinajstić information content (AvgIpc) is 3.05. The quantitative estimate of drug-likeness (QED) is 0.226. The Morgan fingerprint density at radius 1 is 1.26 bits per heavy atom. The van der Waals surface area contributed by atoms with Crippen molar-refractivity contribution in [1.29, 1.82) is 0 Å². The molecule has 1 fully saturated rings. The molecule has 0 unspecified atom stereocenters. The van der Waals surface area contributed by atoms with E-state index in [1.54, 1.807) is 0 Å². The van der Waals surface area contributed by atoms with Crippen molar-refractivity contribution in [3.8, 4) is 0 Å². The highest BCUT2D eigenvalue weighted by Gasteiger charge is 2.13. The molecule has 1 aliphatic carbocycles. The van der Waals surface area contributed by atoms with Crippen LogP contribution in [0.3, 0.4) is 0 Å². The zero-order chi connectivity index (χ0) is 18.6. The predicted octanol–water partition coefficient (Wildman–Crippen LogP) is 4.56. The smallest absolute Gasteiger partial charge is 0.194 e. The Hall–Kier alpha value is -0.760. The van der Waals surface area contributed by atoms with Gasteiger partial charge in [0.25, 0.3) is 0 Å². The van der Waals surface area contributed by atoms with Gasteiger partial charge in [0, 0.05) is 45.7 Å². The topological polar surface area (TPSA) is 41.8 Å². The molecule has 5 nitrogen and oxygen atoms in total. The van der Waals surface area contributed by atoms with Gasteiger partial charge in [0.15, 0.2) is 5.96 Å². The van der Waals surface area contributed by atoms with Crippen molar-refractivity contribution in [2.45, 2.75) is 70.9 Å². The van der Waals surface area contributed by atoms with Crippen LogP contribution in [0.15, 0.2) is 23.3 Å². The minimum absolute atomic E-state index is 0. The molecule has 0 atom stereocenters. The SMILES string of the molecule is CCNC(=NCCCCCOC1CCCCC1)N(C)Cc1cccn1C.I. The number of unbranched alkanes of at least 4 members (excludes halogenated alkanes) is 2. The number of aliphatic imine (C=N–C) groups is 1. The third-order valence-electron chi connectivity index (χ3n) is 5.12. The van der Waals surface area contributed by atoms with Gasteiger partial charge in [0.05, 0.1) is 12.6 Å². The number of halogens is 1. The second-order valence-corrected chi connectivity index (χ2v) is 7.39. The minimum Gasteiger partial charge on any atom is -0.378 e. The number of hydrogen-bond donors (Lipinski definition) is 1. The maximum absolute atomic E-state index is 6.00. The first kappa shape index (κ1) is 24.3. The summed E-state index contributed by atoms with van der Waals surface area (Å²) in [4.78, 5) is 6.99. The molecule has 0 saturated heterocycles. The number of guanidine groups is 1. The number of aromatic nitrogens is 1. The molecule has 2 rings (SSSR count). The van der Waals surface area contributed by atoms with E-state index in [1.807, 2.05) is 0 Å². The van der Waals surface area contributed by atoms with Crippen molar-refractivity contribution in [3.63, 3.8) is 0 Å². The second kappa shape index (κ2) is 14.3. The summed E-state index contributed by atoms with van der Waals surface area (Å²) in [6, 6.07) is 4.25. The lowest BCUT2D eigenvalue weighted by Crippen LogP contribution is -2.38. The average molecular weight is 490 g/mol. The number of nitrogens with zero attached hydrogens (tertiary/aromatic N) is 3. The van der Waals surface area contributed by atoms with Crippen molar-refractivity contribution in [2.75, 3.05) is 26.7 Å². The molecule has 1 saturated carbocycles. The summed E-state index contributed by atoms with van der Waals surface area (Å²) in [5.41, 5.74) is 1.29. The largest absolute Gasteiger partial charge is 0.378 e. The lowest BCUT2D eigenvalue weighted by Gasteiger charge is -2.22. The van der Waals surface area contributed by atoms with E-state index < -0.39 is 0 Å². The zero-order valence-electron chi connectivity index (χ0n) is 17.5. The van der Waals surface area contributed by atoms with Gasteiger partial charge in [-0.25, -0.2) is 0 Å². The predicted molar refractivity (Wildman–Crippen MR) is 125 cm³/mol. The highest BCUT2D eigenvalue weighted by Crippen LogP contribution is 2.20. The molecule has 156 valence electrons. The van der Waals surface area contributed by atoms with Crippen LogP contribution in [0.4, 0.5) is 0 Å². The Balaban J connectivity index is 0.00000364. The fourth-order valence-electron chi connectivity index (χ4n) is 3.51. The van der Waals surface area contributed by atoms with Gasteiger partial charge in [-0.3, -0.25) is 4.99 Å². The van der Waals surface area contributed by atoms with Crippen LogP contribution in [0, 0.1) is 0 Å². The highest BCUT2D eigenvalue weighted by atomic mass is 127. The summed E-state index contributed by atoms with van der Waals surface area (Å²) in [6.07, 6.45) is 12.7. The third kappa shape index (κ3) is 9.32. The van der Waals surface area contributed by atoms with E-state index in [0.29, 0.717) is 6.10 Å². The van der Waals surface area contributed by atoms with Gasteiger partial charge < -0.3 is 19.5 Å². The summed E-state index contributed by atoms with van der Waals surface area (Å²) in [5.74, 6) is 0.993. The highest BCUT2D eigenvalue weighted by molar-refractivity contribution is 14.0. The molecule has 1 heterocycles. The van der Waals surface area contributed by atoms with Crippen molar-refractivity contribution < 1.29 is 4.74 Å². The fraction of sp³-hybridized carbons (Fsp3) is 0.762. The van der Waals surface area contributed by atoms with Crippen LogP contribution in [-0.4, -0.2) is 48.3 Å². The molecule has 1 aliphatic rings. The van der Waals surface area contributed by atoms with Crippen LogP contribution in [0.25, 0.3) is 0 Å². The van der Waals surface area contributed by atoms with Crippen LogP contribution in [0.2, 0.25) is 0 Å². The molecule has 1 aromatic rings. The summed E-state index contributed by atoms with van der Waals surface area (Å²) < 4.78 is 8.16. The first-order valence-corrected chi connectivity index (χ1v) is 10.4. The Morgan fingerprint density at radius 2 is 2.04 bits per heavy atom. The fourth-order valence-corrected chi connectivity index (χ4v) is 3.51. The molecule has 0 spiro atoms. The van der Waals surface area contributed by atoms with Gasteiger partial charge in [-0.15, -0.1) is 24.0 Å². The molecule has 0 aliphatic heterocycles. The van der Waals surface area contributed by atoms with Gasteiger partial charge in [0.2, 0.25) is 0 Å². The van der Waals surface area contributed by atoms with Crippen LogP contribution in [0.1, 0.15) is 64.0 Å². The van der Waals surface area contributed by atoms with E-state index in [-0.39, 0.29) is 24.0 Å². The van der Waals surface area contributed by atoms with Crippen molar-refractivity contribution >= 4 is 29.9 Å². The molecule has 0 bridgehead atoms. The molecular formula is C21H39IN4O. The van der Waals surface area contributed by atoms with Crippen LogP contribution < -0.4 is 5.32 Å². The Kier molecular flexibility index (Phi) is 12.8. The first-order valence-electron chi connectivity index (χ1n) is 10.4. The third-order valence-corrected chi connectivity index (χ3v) is 5.12. The van der Waals surface area contributed by atoms with E-state index in [2.05, 4.69) is 54.1 Å². The Labute approximate surface area is 183 Å². The summed E-state index contributed by atoms with van der Waals surface area (Å²) in [6.45, 7) is 5.68. The molecule has 0 radical (unpaired) electrons. The molecule has 0 amide bonds. The van der Waals surface area contributed by atoms with E-state index in [1.165, 1.54) is 44.2 Å². The normalized spacial score (nSPS) is 15.4. The molecule has 6 heteroatoms. The maximum atomic E-state index is 6.00. The molecule has 27 heavy (non-hydrogen) atoms. The van der Waals surface area contributed by atoms with Crippen molar-refractivity contribution in [2.24, 2.45) is 12.0 Å². The molecule has 1 N–H and O–H groups in total. The monoisotopic (exact) mass is 490 g/mol. The number of rotatable bonds is 10. The molecule has 1 aromatic heterocycles. The Bertz CT molecular complexity index is 526. The first-order chi connectivity index (χ1) is 12.7. The number of ether oxygens (including phenoxy) is 1. The lowest BCUT2D eigenvalue weighted by atomic mass is 9.98. The zero-order valence-corrected chi connectivity index (χ0v) is 19.8. The van der Waals surface area contributed by atoms with E-state index >= 15 is 0 Å². The van der Waals surface area contributed by atoms with Crippen LogP contribution >= 0.6 is 24.0 Å². The summed E-state index contributed by atoms with van der Waals surface area (Å²) in [7, 11) is 4.19. The standard InChI is InChI=1S/C21H38N4O.HI/c1-4-22-21(25(3)18-19-12-11-16-24(19)2)23-15-9-6-10-17-26-20-13-7-5-8-14-20;/h11-12,16,20H,4-10,13-15,17-18H2,1-3H3,(H,22,23);1H. The summed E-state index contributed by atoms with van der Waals surface area (Å²) >= 11 is 0. The second-order valence-electron chi connectivity index (χ2n) is 7.39. The number of nitrogens with one attached hydrogen (secondary N) is 1. The summed E-state index contributed by atoms with van der Waals surface area (Å²) in [5, 5.41) is 3.40. The van der Waals surface area contributed by atoms with Crippen molar-refractivity contribution in [1.82, 2.24) is 14.8 Å². The maximum Gasteiger partial charge on any atom is 0.194 e. The van der Waals surface area contributed by atoms with Gasteiger partial charge in [-0.1, -0.05) is 19.3 Å². The van der Waals surface area contributed by atoms with Gasteiger partial charge in [-0.2, -0.15) is 0 Å². The van der Waals surface area contributed by atoms with E-state index in [4.69, 9.17) is 9.73 Å². The van der Waals surface area contributed by atoms with Crippen molar-refractivity contribution in [3.05, 3.63) is 24.0 Å². The van der Waals surface area contributed by atoms with Gasteiger partial charge in [-0.05, 0) is 51.2 Å². The Morgan fingerprint density at radius 3 is 2.70 bits per heavy atom. The van der Waals surface area contributed by atoms with Gasteiger partial charge in [0.1, 0.15) is 0 Å². The van der Waals surface area contributed by atoms with E-state index in [9.17, 15) is 0 Å². The molecular weight excluding hydrogens is 451 g/mol. The van der Waals surface area contributed by atoms with Crippen LogP contribution in [0.5, 0.6) is 0 Å². The van der Waals surface area contributed by atoms with Gasteiger partial charge >= 0.3 is 0 Å². The minimum atomic E-state index is 0. The van der Waals surface area contributed by atoms with Crippen LogP contribution in [-0.2, 0) is 18.3 Å². The number of aryl methyl sites for hydroxylation is 1.